The largest absolute Gasteiger partial charge is 0.494 e. The number of halogens is 2. The molecule has 0 fully saturated rings. The number of benzene rings is 2. The minimum atomic E-state index is -0.847. The van der Waals surface area contributed by atoms with Crippen LogP contribution in [-0.2, 0) is 9.63 Å². The molecule has 2 aromatic carbocycles. The van der Waals surface area contributed by atoms with E-state index < -0.39 is 17.8 Å². The van der Waals surface area contributed by atoms with Gasteiger partial charge in [0, 0.05) is 0 Å². The number of carbonyl (C=O) groups is 1. The van der Waals surface area contributed by atoms with Crippen molar-refractivity contribution >= 4 is 29.4 Å². The minimum Gasteiger partial charge on any atom is -0.494 e. The van der Waals surface area contributed by atoms with Gasteiger partial charge in [-0.05, 0) is 61.9 Å². The maximum Gasteiger partial charge on any atom is 0.268 e. The molecule has 0 aliphatic carbocycles. The quantitative estimate of drug-likeness (QED) is 0.590. The van der Waals surface area contributed by atoms with Crippen molar-refractivity contribution in [3.05, 3.63) is 58.9 Å². The number of anilines is 1. The minimum absolute atomic E-state index is 0.110. The van der Waals surface area contributed by atoms with Crippen LogP contribution in [0.5, 0.6) is 5.75 Å². The van der Waals surface area contributed by atoms with Crippen LogP contribution in [0.2, 0.25) is 5.02 Å². The molecule has 0 saturated carbocycles. The molecule has 0 saturated heterocycles. The number of carbonyl (C=O) groups excluding carboxylic acids is 1. The van der Waals surface area contributed by atoms with Gasteiger partial charge in [-0.2, -0.15) is 0 Å². The molecule has 7 heteroatoms. The molecule has 2 aromatic rings. The summed E-state index contributed by atoms with van der Waals surface area (Å²) in [4.78, 5) is 17.2. The summed E-state index contributed by atoms with van der Waals surface area (Å²) in [6, 6.07) is 11.0. The number of rotatable bonds is 7. The first-order valence-electron chi connectivity index (χ1n) is 7.67. The highest BCUT2D eigenvalue weighted by Gasteiger charge is 2.15. The highest BCUT2D eigenvalue weighted by atomic mass is 35.5. The molecule has 1 atom stereocenters. The topological polar surface area (TPSA) is 59.9 Å². The molecule has 25 heavy (non-hydrogen) atoms. The standard InChI is InChI=1S/C18H18ClFN2O3/c1-3-24-15-7-4-13(5-8-15)11-21-25-12(2)18(23)22-17-9-6-14(20)10-16(17)19/h4-12H,3H2,1-2H3,(H,22,23)/b21-11-/t12-/m0/s1. The molecule has 2 rings (SSSR count). The van der Waals surface area contributed by atoms with Gasteiger partial charge in [-0.1, -0.05) is 16.8 Å². The molecule has 0 aliphatic rings. The fourth-order valence-corrected chi connectivity index (χ4v) is 2.09. The summed E-state index contributed by atoms with van der Waals surface area (Å²) in [5.74, 6) is -0.158. The predicted octanol–water partition coefficient (Wildman–Crippen LogP) is 4.26. The zero-order valence-corrected chi connectivity index (χ0v) is 14.6. The van der Waals surface area contributed by atoms with Crippen molar-refractivity contribution in [3.8, 4) is 5.75 Å². The predicted molar refractivity (Wildman–Crippen MR) is 95.8 cm³/mol. The Morgan fingerprint density at radius 2 is 2.04 bits per heavy atom. The van der Waals surface area contributed by atoms with Crippen LogP contribution in [0.25, 0.3) is 0 Å². The van der Waals surface area contributed by atoms with Gasteiger partial charge in [0.1, 0.15) is 11.6 Å². The van der Waals surface area contributed by atoms with Crippen molar-refractivity contribution in [2.75, 3.05) is 11.9 Å². The van der Waals surface area contributed by atoms with Gasteiger partial charge >= 0.3 is 0 Å². The second-order valence-corrected chi connectivity index (χ2v) is 5.50. The van der Waals surface area contributed by atoms with Crippen LogP contribution >= 0.6 is 11.6 Å². The smallest absolute Gasteiger partial charge is 0.268 e. The van der Waals surface area contributed by atoms with E-state index in [0.717, 1.165) is 17.4 Å². The number of hydrogen-bond donors (Lipinski definition) is 1. The third-order valence-electron chi connectivity index (χ3n) is 3.17. The van der Waals surface area contributed by atoms with Crippen LogP contribution in [0.4, 0.5) is 10.1 Å². The lowest BCUT2D eigenvalue weighted by molar-refractivity contribution is -0.126. The van der Waals surface area contributed by atoms with E-state index in [-0.39, 0.29) is 5.02 Å². The fourth-order valence-electron chi connectivity index (χ4n) is 1.87. The summed E-state index contributed by atoms with van der Waals surface area (Å²) < 4.78 is 18.3. The van der Waals surface area contributed by atoms with Crippen LogP contribution in [-0.4, -0.2) is 24.8 Å². The molecular formula is C18H18ClFN2O3. The highest BCUT2D eigenvalue weighted by Crippen LogP contribution is 2.22. The first-order valence-corrected chi connectivity index (χ1v) is 8.05. The van der Waals surface area contributed by atoms with Gasteiger partial charge in [-0.3, -0.25) is 4.79 Å². The highest BCUT2D eigenvalue weighted by molar-refractivity contribution is 6.33. The maximum absolute atomic E-state index is 13.0. The average molecular weight is 365 g/mol. The Labute approximate surface area is 150 Å². The van der Waals surface area contributed by atoms with Gasteiger partial charge in [-0.25, -0.2) is 4.39 Å². The Kier molecular flexibility index (Phi) is 6.77. The van der Waals surface area contributed by atoms with Gasteiger partial charge in [-0.15, -0.1) is 0 Å². The first kappa shape index (κ1) is 18.7. The SMILES string of the molecule is CCOc1ccc(/C=N\O[C@@H](C)C(=O)Nc2ccc(F)cc2Cl)cc1. The van der Waals surface area contributed by atoms with E-state index in [0.29, 0.717) is 12.3 Å². The van der Waals surface area contributed by atoms with Crippen LogP contribution in [0.15, 0.2) is 47.6 Å². The summed E-state index contributed by atoms with van der Waals surface area (Å²) in [6.07, 6.45) is 0.643. The average Bonchev–Trinajstić information content (AvgIpc) is 2.59. The second kappa shape index (κ2) is 9.03. The normalized spacial score (nSPS) is 12.0. The monoisotopic (exact) mass is 364 g/mol. The fraction of sp³-hybridized carbons (Fsp3) is 0.222. The number of nitrogens with zero attached hydrogens (tertiary/aromatic N) is 1. The summed E-state index contributed by atoms with van der Waals surface area (Å²) in [5.41, 5.74) is 1.11. The van der Waals surface area contributed by atoms with E-state index in [1.165, 1.54) is 18.3 Å². The summed E-state index contributed by atoms with van der Waals surface area (Å²) in [7, 11) is 0. The number of oxime groups is 1. The molecule has 0 spiro atoms. The van der Waals surface area contributed by atoms with Crippen molar-refractivity contribution in [2.45, 2.75) is 20.0 Å². The second-order valence-electron chi connectivity index (χ2n) is 5.10. The number of ether oxygens (including phenoxy) is 1. The Bertz CT molecular complexity index is 750. The van der Waals surface area contributed by atoms with Gasteiger partial charge in [0.15, 0.2) is 0 Å². The van der Waals surface area contributed by atoms with E-state index in [9.17, 15) is 9.18 Å². The Balaban J connectivity index is 1.88. The zero-order chi connectivity index (χ0) is 18.2. The molecule has 0 heterocycles. The Hall–Kier alpha value is -2.60. The van der Waals surface area contributed by atoms with E-state index in [1.54, 1.807) is 6.92 Å². The molecule has 0 radical (unpaired) electrons. The Morgan fingerprint density at radius 1 is 1.32 bits per heavy atom. The molecule has 132 valence electrons. The van der Waals surface area contributed by atoms with Crippen LogP contribution < -0.4 is 10.1 Å². The molecule has 0 aromatic heterocycles. The number of amides is 1. The van der Waals surface area contributed by atoms with Gasteiger partial charge in [0.05, 0.1) is 23.5 Å². The lowest BCUT2D eigenvalue weighted by Gasteiger charge is -2.11. The third-order valence-corrected chi connectivity index (χ3v) is 3.48. The third kappa shape index (κ3) is 5.76. The van der Waals surface area contributed by atoms with Crippen molar-refractivity contribution in [2.24, 2.45) is 5.16 Å². The van der Waals surface area contributed by atoms with Gasteiger partial charge < -0.3 is 14.9 Å². The first-order chi connectivity index (χ1) is 12.0. The summed E-state index contributed by atoms with van der Waals surface area (Å²) in [5, 5.41) is 6.46. The summed E-state index contributed by atoms with van der Waals surface area (Å²) >= 11 is 5.86. The van der Waals surface area contributed by atoms with Crippen LogP contribution in [0.1, 0.15) is 19.4 Å². The molecule has 0 bridgehead atoms. The molecule has 1 amide bonds. The molecule has 0 unspecified atom stereocenters. The van der Waals surface area contributed by atoms with Gasteiger partial charge in [0.25, 0.3) is 5.91 Å². The molecule has 5 nitrogen and oxygen atoms in total. The van der Waals surface area contributed by atoms with E-state index in [4.69, 9.17) is 21.2 Å². The van der Waals surface area contributed by atoms with Crippen molar-refractivity contribution in [1.29, 1.82) is 0 Å². The van der Waals surface area contributed by atoms with Gasteiger partial charge in [0.2, 0.25) is 6.10 Å². The molecule has 1 N–H and O–H groups in total. The number of nitrogens with one attached hydrogen (secondary N) is 1. The zero-order valence-electron chi connectivity index (χ0n) is 13.8. The Morgan fingerprint density at radius 3 is 2.68 bits per heavy atom. The van der Waals surface area contributed by atoms with Crippen molar-refractivity contribution in [1.82, 2.24) is 0 Å². The van der Waals surface area contributed by atoms with E-state index in [2.05, 4.69) is 10.5 Å². The van der Waals surface area contributed by atoms with Crippen LogP contribution in [0, 0.1) is 5.82 Å². The van der Waals surface area contributed by atoms with Crippen LogP contribution in [0.3, 0.4) is 0 Å². The maximum atomic E-state index is 13.0. The van der Waals surface area contributed by atoms with E-state index in [1.807, 2.05) is 31.2 Å². The van der Waals surface area contributed by atoms with Crippen molar-refractivity contribution < 1.29 is 18.8 Å². The summed E-state index contributed by atoms with van der Waals surface area (Å²) in [6.45, 7) is 4.05. The molecular weight excluding hydrogens is 347 g/mol. The van der Waals surface area contributed by atoms with E-state index >= 15 is 0 Å². The number of hydrogen-bond acceptors (Lipinski definition) is 4. The molecule has 0 aliphatic heterocycles. The van der Waals surface area contributed by atoms with Crippen molar-refractivity contribution in [3.63, 3.8) is 0 Å². The lowest BCUT2D eigenvalue weighted by atomic mass is 10.2. The lowest BCUT2D eigenvalue weighted by Crippen LogP contribution is -2.26.